The third-order valence-corrected chi connectivity index (χ3v) is 2.91. The number of rotatable bonds is 4. The average Bonchev–Trinajstić information content (AvgIpc) is 2.36. The summed E-state index contributed by atoms with van der Waals surface area (Å²) in [5.41, 5.74) is 7.98. The summed E-state index contributed by atoms with van der Waals surface area (Å²) in [6.07, 6.45) is 0.872. The molecular formula is C14H16N2O2. The Balaban J connectivity index is 2.49. The number of hydrogen-bond acceptors (Lipinski definition) is 3. The standard InChI is InChI=1S/C14H16N2O2/c1-9-8-10(6-7-13(15)17)16-14-11(9)4-3-5-12(14)18-2/h3-5,8H,6-7H2,1-2H3,(H2,15,17). The van der Waals surface area contributed by atoms with Crippen LogP contribution in [-0.4, -0.2) is 18.0 Å². The van der Waals surface area contributed by atoms with E-state index in [1.54, 1.807) is 7.11 Å². The highest BCUT2D eigenvalue weighted by atomic mass is 16.5. The Labute approximate surface area is 106 Å². The first-order chi connectivity index (χ1) is 8.61. The number of hydrogen-bond donors (Lipinski definition) is 1. The number of methoxy groups -OCH3 is 1. The number of nitrogens with zero attached hydrogens (tertiary/aromatic N) is 1. The fraction of sp³-hybridized carbons (Fsp3) is 0.286. The predicted molar refractivity (Wildman–Crippen MR) is 70.5 cm³/mol. The van der Waals surface area contributed by atoms with Crippen LogP contribution in [0.4, 0.5) is 0 Å². The van der Waals surface area contributed by atoms with Gasteiger partial charge in [-0.2, -0.15) is 0 Å². The summed E-state index contributed by atoms with van der Waals surface area (Å²) in [5, 5.41) is 1.07. The lowest BCUT2D eigenvalue weighted by Crippen LogP contribution is -2.11. The number of amides is 1. The fourth-order valence-electron chi connectivity index (χ4n) is 2.00. The van der Waals surface area contributed by atoms with Gasteiger partial charge in [0, 0.05) is 17.5 Å². The molecular weight excluding hydrogens is 228 g/mol. The highest BCUT2D eigenvalue weighted by Gasteiger charge is 2.08. The second kappa shape index (κ2) is 5.04. The smallest absolute Gasteiger partial charge is 0.217 e. The molecule has 0 spiro atoms. The van der Waals surface area contributed by atoms with Crippen molar-refractivity contribution in [3.8, 4) is 5.75 Å². The first-order valence-corrected chi connectivity index (χ1v) is 5.83. The SMILES string of the molecule is COc1cccc2c(C)cc(CCC(N)=O)nc12. The van der Waals surface area contributed by atoms with Gasteiger partial charge in [-0.05, 0) is 31.0 Å². The molecule has 0 unspecified atom stereocenters. The van der Waals surface area contributed by atoms with Gasteiger partial charge < -0.3 is 10.5 Å². The number of aryl methyl sites for hydroxylation is 2. The number of carbonyl (C=O) groups is 1. The summed E-state index contributed by atoms with van der Waals surface area (Å²) in [7, 11) is 1.63. The van der Waals surface area contributed by atoms with Gasteiger partial charge in [0.2, 0.25) is 5.91 Å². The largest absolute Gasteiger partial charge is 0.494 e. The molecule has 0 fully saturated rings. The van der Waals surface area contributed by atoms with Gasteiger partial charge >= 0.3 is 0 Å². The normalized spacial score (nSPS) is 10.6. The summed E-state index contributed by atoms with van der Waals surface area (Å²) >= 11 is 0. The van der Waals surface area contributed by atoms with Crippen LogP contribution in [0, 0.1) is 6.92 Å². The topological polar surface area (TPSA) is 65.2 Å². The zero-order chi connectivity index (χ0) is 13.1. The summed E-state index contributed by atoms with van der Waals surface area (Å²) < 4.78 is 5.31. The lowest BCUT2D eigenvalue weighted by Gasteiger charge is -2.09. The summed E-state index contributed by atoms with van der Waals surface area (Å²) in [6.45, 7) is 2.03. The molecule has 0 aliphatic carbocycles. The van der Waals surface area contributed by atoms with Crippen molar-refractivity contribution in [3.05, 3.63) is 35.5 Å². The molecule has 0 bridgehead atoms. The van der Waals surface area contributed by atoms with Gasteiger partial charge in [-0.25, -0.2) is 4.98 Å². The summed E-state index contributed by atoms with van der Waals surface area (Å²) in [6, 6.07) is 7.83. The van der Waals surface area contributed by atoms with E-state index in [1.807, 2.05) is 31.2 Å². The van der Waals surface area contributed by atoms with Crippen LogP contribution in [0.5, 0.6) is 5.75 Å². The molecule has 4 nitrogen and oxygen atoms in total. The van der Waals surface area contributed by atoms with E-state index in [2.05, 4.69) is 4.98 Å². The number of fused-ring (bicyclic) bond motifs is 1. The third kappa shape index (κ3) is 2.42. The minimum Gasteiger partial charge on any atom is -0.494 e. The molecule has 0 atom stereocenters. The van der Waals surface area contributed by atoms with Gasteiger partial charge in [0.15, 0.2) is 0 Å². The number of para-hydroxylation sites is 1. The third-order valence-electron chi connectivity index (χ3n) is 2.91. The molecule has 1 aromatic carbocycles. The van der Waals surface area contributed by atoms with Crippen molar-refractivity contribution in [1.29, 1.82) is 0 Å². The maximum absolute atomic E-state index is 10.8. The second-order valence-electron chi connectivity index (χ2n) is 4.25. The van der Waals surface area contributed by atoms with Crippen LogP contribution in [0.1, 0.15) is 17.7 Å². The van der Waals surface area contributed by atoms with E-state index in [-0.39, 0.29) is 5.91 Å². The number of ether oxygens (including phenoxy) is 1. The van der Waals surface area contributed by atoms with Gasteiger partial charge in [0.25, 0.3) is 0 Å². The molecule has 1 amide bonds. The van der Waals surface area contributed by atoms with Gasteiger partial charge in [0.05, 0.1) is 7.11 Å². The van der Waals surface area contributed by atoms with Gasteiger partial charge in [-0.3, -0.25) is 4.79 Å². The van der Waals surface area contributed by atoms with Crippen LogP contribution in [0.15, 0.2) is 24.3 Å². The van der Waals surface area contributed by atoms with Crippen molar-refractivity contribution in [3.63, 3.8) is 0 Å². The Morgan fingerprint density at radius 1 is 1.44 bits per heavy atom. The van der Waals surface area contributed by atoms with Crippen LogP contribution in [0.3, 0.4) is 0 Å². The second-order valence-corrected chi connectivity index (χ2v) is 4.25. The molecule has 0 radical (unpaired) electrons. The molecule has 94 valence electrons. The summed E-state index contributed by atoms with van der Waals surface area (Å²) in [5.74, 6) is 0.436. The summed E-state index contributed by atoms with van der Waals surface area (Å²) in [4.78, 5) is 15.4. The van der Waals surface area contributed by atoms with Crippen molar-refractivity contribution < 1.29 is 9.53 Å². The van der Waals surface area contributed by atoms with Crippen LogP contribution in [-0.2, 0) is 11.2 Å². The lowest BCUT2D eigenvalue weighted by atomic mass is 10.1. The van der Waals surface area contributed by atoms with E-state index in [1.165, 1.54) is 0 Å². The molecule has 18 heavy (non-hydrogen) atoms. The number of aromatic nitrogens is 1. The number of nitrogens with two attached hydrogens (primary N) is 1. The highest BCUT2D eigenvalue weighted by molar-refractivity contribution is 5.87. The van der Waals surface area contributed by atoms with E-state index in [0.29, 0.717) is 12.8 Å². The van der Waals surface area contributed by atoms with E-state index in [9.17, 15) is 4.79 Å². The van der Waals surface area contributed by atoms with Crippen LogP contribution in [0.25, 0.3) is 10.9 Å². The van der Waals surface area contributed by atoms with Crippen LogP contribution in [0.2, 0.25) is 0 Å². The maximum atomic E-state index is 10.8. The quantitative estimate of drug-likeness (QED) is 0.894. The Kier molecular flexibility index (Phi) is 3.46. The molecule has 1 aromatic heterocycles. The van der Waals surface area contributed by atoms with E-state index < -0.39 is 0 Å². The lowest BCUT2D eigenvalue weighted by molar-refractivity contribution is -0.118. The molecule has 0 saturated heterocycles. The Hall–Kier alpha value is -2.10. The molecule has 2 N–H and O–H groups in total. The maximum Gasteiger partial charge on any atom is 0.217 e. The van der Waals surface area contributed by atoms with E-state index in [0.717, 1.165) is 27.9 Å². The van der Waals surface area contributed by atoms with Gasteiger partial charge in [-0.15, -0.1) is 0 Å². The van der Waals surface area contributed by atoms with Crippen molar-refractivity contribution in [2.45, 2.75) is 19.8 Å². The number of benzene rings is 1. The van der Waals surface area contributed by atoms with Crippen molar-refractivity contribution in [2.24, 2.45) is 5.73 Å². The van der Waals surface area contributed by atoms with Crippen molar-refractivity contribution in [1.82, 2.24) is 4.98 Å². The van der Waals surface area contributed by atoms with Crippen LogP contribution < -0.4 is 10.5 Å². The number of carbonyl (C=O) groups excluding carboxylic acids is 1. The molecule has 0 aliphatic rings. The molecule has 0 aliphatic heterocycles. The zero-order valence-electron chi connectivity index (χ0n) is 10.6. The van der Waals surface area contributed by atoms with Crippen LogP contribution >= 0.6 is 0 Å². The fourth-order valence-corrected chi connectivity index (χ4v) is 2.00. The Morgan fingerprint density at radius 2 is 2.22 bits per heavy atom. The zero-order valence-corrected chi connectivity index (χ0v) is 10.6. The number of primary amides is 1. The molecule has 1 heterocycles. The minimum atomic E-state index is -0.311. The molecule has 4 heteroatoms. The monoisotopic (exact) mass is 244 g/mol. The molecule has 2 rings (SSSR count). The van der Waals surface area contributed by atoms with E-state index >= 15 is 0 Å². The van der Waals surface area contributed by atoms with E-state index in [4.69, 9.17) is 10.5 Å². The first kappa shape index (κ1) is 12.4. The molecule has 0 saturated carbocycles. The highest BCUT2D eigenvalue weighted by Crippen LogP contribution is 2.26. The van der Waals surface area contributed by atoms with Crippen molar-refractivity contribution in [2.75, 3.05) is 7.11 Å². The van der Waals surface area contributed by atoms with Crippen molar-refractivity contribution >= 4 is 16.8 Å². The number of pyridine rings is 1. The molecule has 2 aromatic rings. The van der Waals surface area contributed by atoms with Gasteiger partial charge in [-0.1, -0.05) is 12.1 Å². The first-order valence-electron chi connectivity index (χ1n) is 5.83. The van der Waals surface area contributed by atoms with Gasteiger partial charge in [0.1, 0.15) is 11.3 Å². The Morgan fingerprint density at radius 3 is 2.89 bits per heavy atom. The minimum absolute atomic E-state index is 0.311. The Bertz CT molecular complexity index is 594. The predicted octanol–water partition coefficient (Wildman–Crippen LogP) is 1.97. The average molecular weight is 244 g/mol.